The van der Waals surface area contributed by atoms with Gasteiger partial charge in [0.1, 0.15) is 0 Å². The number of ether oxygens (including phenoxy) is 1. The molecule has 6 nitrogen and oxygen atoms in total. The summed E-state index contributed by atoms with van der Waals surface area (Å²) < 4.78 is 5.48. The number of halogens is 1. The number of likely N-dealkylation sites (tertiary alicyclic amines) is 1. The Hall–Kier alpha value is -0.900. The maximum Gasteiger partial charge on any atom is 0.191 e. The maximum absolute atomic E-state index is 5.48. The summed E-state index contributed by atoms with van der Waals surface area (Å²) in [5.41, 5.74) is 2.69. The highest BCUT2D eigenvalue weighted by molar-refractivity contribution is 14.0. The van der Waals surface area contributed by atoms with Crippen molar-refractivity contribution in [1.29, 1.82) is 0 Å². The molecule has 182 valence electrons. The molecule has 0 bridgehead atoms. The minimum absolute atomic E-state index is 0. The number of aliphatic imine (C=N–C) groups is 1. The van der Waals surface area contributed by atoms with Crippen molar-refractivity contribution in [3.05, 3.63) is 35.4 Å². The van der Waals surface area contributed by atoms with Crippen molar-refractivity contribution in [2.24, 2.45) is 10.9 Å². The smallest absolute Gasteiger partial charge is 0.191 e. The molecular weight excluding hydrogens is 513 g/mol. The molecule has 2 N–H and O–H groups in total. The van der Waals surface area contributed by atoms with Gasteiger partial charge in [-0.25, -0.2) is 4.99 Å². The highest BCUT2D eigenvalue weighted by Gasteiger charge is 2.15. The first-order valence-corrected chi connectivity index (χ1v) is 12.4. The second-order valence-corrected chi connectivity index (χ2v) is 9.03. The molecule has 1 aromatic rings. The summed E-state index contributed by atoms with van der Waals surface area (Å²) in [7, 11) is 0. The van der Waals surface area contributed by atoms with Crippen molar-refractivity contribution in [3.8, 4) is 0 Å². The van der Waals surface area contributed by atoms with Crippen LogP contribution in [0.2, 0.25) is 0 Å². The minimum Gasteiger partial charge on any atom is -0.379 e. The number of nitrogens with zero attached hydrogens (tertiary/aromatic N) is 3. The lowest BCUT2D eigenvalue weighted by Gasteiger charge is -2.30. The highest BCUT2D eigenvalue weighted by Crippen LogP contribution is 2.16. The van der Waals surface area contributed by atoms with Crippen LogP contribution in [0, 0.1) is 5.92 Å². The topological polar surface area (TPSA) is 52.1 Å². The Morgan fingerprint density at radius 1 is 1.06 bits per heavy atom. The number of guanidine groups is 1. The molecular formula is C25H44IN5O. The standard InChI is InChI=1S/C25H43N5O.HI/c1-3-26-25(27-12-6-7-13-29-14-8-9-22(2)20-29)28-19-23-10-4-5-11-24(23)21-30-15-17-31-18-16-30;/h4-5,10-11,22H,3,6-9,12-21H2,1-2H3,(H2,26,27,28);1H. The fourth-order valence-electron chi connectivity index (χ4n) is 4.53. The van der Waals surface area contributed by atoms with Crippen LogP contribution in [0.4, 0.5) is 0 Å². The number of piperidine rings is 1. The van der Waals surface area contributed by atoms with E-state index >= 15 is 0 Å². The van der Waals surface area contributed by atoms with Gasteiger partial charge in [0.2, 0.25) is 0 Å². The van der Waals surface area contributed by atoms with E-state index in [0.29, 0.717) is 6.54 Å². The molecule has 1 unspecified atom stereocenters. The number of benzene rings is 1. The Kier molecular flexibility index (Phi) is 13.5. The molecule has 0 aromatic heterocycles. The van der Waals surface area contributed by atoms with E-state index in [1.165, 1.54) is 56.4 Å². The second kappa shape index (κ2) is 15.9. The lowest BCUT2D eigenvalue weighted by Crippen LogP contribution is -2.38. The number of hydrogen-bond donors (Lipinski definition) is 2. The molecule has 0 saturated carbocycles. The van der Waals surface area contributed by atoms with E-state index in [9.17, 15) is 0 Å². The first-order valence-electron chi connectivity index (χ1n) is 12.4. The number of morpholine rings is 1. The third-order valence-electron chi connectivity index (χ3n) is 6.30. The van der Waals surface area contributed by atoms with Crippen molar-refractivity contribution in [1.82, 2.24) is 20.4 Å². The Labute approximate surface area is 212 Å². The summed E-state index contributed by atoms with van der Waals surface area (Å²) in [4.78, 5) is 9.98. The molecule has 32 heavy (non-hydrogen) atoms. The highest BCUT2D eigenvalue weighted by atomic mass is 127. The van der Waals surface area contributed by atoms with Crippen LogP contribution in [0.25, 0.3) is 0 Å². The fourth-order valence-corrected chi connectivity index (χ4v) is 4.53. The molecule has 2 aliphatic heterocycles. The lowest BCUT2D eigenvalue weighted by atomic mass is 10.0. The van der Waals surface area contributed by atoms with Crippen LogP contribution in [-0.2, 0) is 17.8 Å². The summed E-state index contributed by atoms with van der Waals surface area (Å²) in [5.74, 6) is 1.79. The average Bonchev–Trinajstić information content (AvgIpc) is 2.79. The van der Waals surface area contributed by atoms with Gasteiger partial charge in [-0.05, 0) is 62.7 Å². The SMILES string of the molecule is CCNC(=NCc1ccccc1CN1CCOCC1)NCCCCN1CCCC(C)C1.I. The molecule has 3 rings (SSSR count). The van der Waals surface area contributed by atoms with Crippen LogP contribution in [-0.4, -0.2) is 74.8 Å². The van der Waals surface area contributed by atoms with Gasteiger partial charge in [0.25, 0.3) is 0 Å². The molecule has 0 amide bonds. The van der Waals surface area contributed by atoms with Gasteiger partial charge in [0.15, 0.2) is 5.96 Å². The predicted octanol–water partition coefficient (Wildman–Crippen LogP) is 3.70. The molecule has 7 heteroatoms. The van der Waals surface area contributed by atoms with Crippen LogP contribution in [0.1, 0.15) is 50.7 Å². The van der Waals surface area contributed by atoms with Gasteiger partial charge >= 0.3 is 0 Å². The van der Waals surface area contributed by atoms with Gasteiger partial charge in [0.05, 0.1) is 19.8 Å². The van der Waals surface area contributed by atoms with Crippen molar-refractivity contribution >= 4 is 29.9 Å². The average molecular weight is 558 g/mol. The third kappa shape index (κ3) is 9.93. The van der Waals surface area contributed by atoms with Gasteiger partial charge in [-0.3, -0.25) is 4.90 Å². The Morgan fingerprint density at radius 2 is 1.84 bits per heavy atom. The lowest BCUT2D eigenvalue weighted by molar-refractivity contribution is 0.0341. The fraction of sp³-hybridized carbons (Fsp3) is 0.720. The van der Waals surface area contributed by atoms with Gasteiger partial charge in [-0.1, -0.05) is 31.2 Å². The predicted molar refractivity (Wildman–Crippen MR) is 145 cm³/mol. The van der Waals surface area contributed by atoms with Crippen LogP contribution in [0.15, 0.2) is 29.3 Å². The quantitative estimate of drug-likeness (QED) is 0.199. The molecule has 2 fully saturated rings. The summed E-state index contributed by atoms with van der Waals surface area (Å²) >= 11 is 0. The van der Waals surface area contributed by atoms with E-state index in [1.807, 2.05) is 0 Å². The second-order valence-electron chi connectivity index (χ2n) is 9.03. The molecule has 2 aliphatic rings. The van der Waals surface area contributed by atoms with Crippen molar-refractivity contribution in [2.45, 2.75) is 52.6 Å². The van der Waals surface area contributed by atoms with E-state index in [0.717, 1.165) is 57.8 Å². The molecule has 0 spiro atoms. The summed E-state index contributed by atoms with van der Waals surface area (Å²) in [6.45, 7) is 15.6. The van der Waals surface area contributed by atoms with Crippen molar-refractivity contribution in [3.63, 3.8) is 0 Å². The Morgan fingerprint density at radius 3 is 2.59 bits per heavy atom. The maximum atomic E-state index is 5.48. The first kappa shape index (κ1) is 27.3. The van der Waals surface area contributed by atoms with Crippen molar-refractivity contribution < 1.29 is 4.74 Å². The van der Waals surface area contributed by atoms with Gasteiger partial charge < -0.3 is 20.3 Å². The summed E-state index contributed by atoms with van der Waals surface area (Å²) in [5, 5.41) is 6.93. The largest absolute Gasteiger partial charge is 0.379 e. The van der Waals surface area contributed by atoms with Crippen LogP contribution >= 0.6 is 24.0 Å². The molecule has 1 aromatic carbocycles. The van der Waals surface area contributed by atoms with Gasteiger partial charge in [-0.2, -0.15) is 0 Å². The molecule has 1 atom stereocenters. The monoisotopic (exact) mass is 557 g/mol. The zero-order chi connectivity index (χ0) is 21.7. The van der Waals surface area contributed by atoms with Gasteiger partial charge in [-0.15, -0.1) is 24.0 Å². The zero-order valence-electron chi connectivity index (χ0n) is 20.2. The number of nitrogens with one attached hydrogen (secondary N) is 2. The van der Waals surface area contributed by atoms with Crippen LogP contribution < -0.4 is 10.6 Å². The van der Waals surface area contributed by atoms with Crippen LogP contribution in [0.5, 0.6) is 0 Å². The van der Waals surface area contributed by atoms with E-state index < -0.39 is 0 Å². The van der Waals surface area contributed by atoms with E-state index in [2.05, 4.69) is 58.5 Å². The zero-order valence-corrected chi connectivity index (χ0v) is 22.5. The Balaban J connectivity index is 0.00000363. The summed E-state index contributed by atoms with van der Waals surface area (Å²) in [6.07, 6.45) is 5.20. The minimum atomic E-state index is 0. The van der Waals surface area contributed by atoms with Crippen LogP contribution in [0.3, 0.4) is 0 Å². The molecule has 0 aliphatic carbocycles. The Bertz CT molecular complexity index is 665. The van der Waals surface area contributed by atoms with E-state index in [1.54, 1.807) is 0 Å². The number of unbranched alkanes of at least 4 members (excludes halogenated alkanes) is 1. The van der Waals surface area contributed by atoms with Crippen molar-refractivity contribution in [2.75, 3.05) is 59.0 Å². The van der Waals surface area contributed by atoms with Gasteiger partial charge in [0, 0.05) is 39.3 Å². The number of hydrogen-bond acceptors (Lipinski definition) is 4. The third-order valence-corrected chi connectivity index (χ3v) is 6.30. The molecule has 2 saturated heterocycles. The summed E-state index contributed by atoms with van der Waals surface area (Å²) in [6, 6.07) is 8.70. The first-order chi connectivity index (χ1) is 15.2. The number of rotatable bonds is 10. The molecule has 0 radical (unpaired) electrons. The molecule has 2 heterocycles. The van der Waals surface area contributed by atoms with E-state index in [4.69, 9.17) is 9.73 Å². The van der Waals surface area contributed by atoms with E-state index in [-0.39, 0.29) is 24.0 Å². The normalized spacial score (nSPS) is 20.6.